The number of aromatic nitrogens is 2. The second-order valence-corrected chi connectivity index (χ2v) is 8.34. The molecule has 0 radical (unpaired) electrons. The number of urea groups is 1. The molecule has 3 N–H and O–H groups in total. The maximum absolute atomic E-state index is 11.8. The number of fused-ring (bicyclic) bond motifs is 2. The number of hydrogen-bond donors (Lipinski definition) is 3. The fourth-order valence-electron chi connectivity index (χ4n) is 4.69. The van der Waals surface area contributed by atoms with Crippen LogP contribution in [0.4, 0.5) is 4.79 Å². The average molecular weight is 441 g/mol. The number of amides is 2. The third kappa shape index (κ3) is 3.34. The minimum Gasteiger partial charge on any atom is -0.454 e. The number of benzene rings is 2. The number of ether oxygens (including phenoxy) is 2. The highest BCUT2D eigenvalue weighted by Crippen LogP contribution is 2.44. The largest absolute Gasteiger partial charge is 0.454 e. The molecule has 2 aliphatic heterocycles. The molecular weight excluding hydrogens is 418 g/mol. The van der Waals surface area contributed by atoms with Crippen molar-refractivity contribution < 1.29 is 14.3 Å². The summed E-state index contributed by atoms with van der Waals surface area (Å²) in [6, 6.07) is 12.0. The molecule has 1 aromatic heterocycles. The van der Waals surface area contributed by atoms with Crippen LogP contribution in [0.1, 0.15) is 30.9 Å². The van der Waals surface area contributed by atoms with Crippen LogP contribution in [0, 0.1) is 0 Å². The van der Waals surface area contributed by atoms with Crippen LogP contribution in [0.15, 0.2) is 65.4 Å². The first-order valence-corrected chi connectivity index (χ1v) is 11.0. The van der Waals surface area contributed by atoms with Gasteiger partial charge < -0.3 is 19.8 Å². The number of rotatable bonds is 4. The van der Waals surface area contributed by atoms with Gasteiger partial charge in [0.25, 0.3) is 0 Å². The van der Waals surface area contributed by atoms with Crippen LogP contribution in [0.3, 0.4) is 0 Å². The molecule has 8 heteroatoms. The summed E-state index contributed by atoms with van der Waals surface area (Å²) in [5.74, 6) is 2.13. The molecule has 6 rings (SSSR count). The molecule has 8 nitrogen and oxygen atoms in total. The van der Waals surface area contributed by atoms with Crippen molar-refractivity contribution in [3.05, 3.63) is 71.6 Å². The molecule has 0 bridgehead atoms. The van der Waals surface area contributed by atoms with Crippen molar-refractivity contribution in [3.8, 4) is 11.5 Å². The Kier molecular flexibility index (Phi) is 4.46. The van der Waals surface area contributed by atoms with Gasteiger partial charge in [-0.05, 0) is 65.5 Å². The molecule has 0 saturated carbocycles. The zero-order valence-corrected chi connectivity index (χ0v) is 18.1. The van der Waals surface area contributed by atoms with E-state index in [4.69, 9.17) is 14.5 Å². The summed E-state index contributed by atoms with van der Waals surface area (Å²) in [6.45, 7) is 2.77. The van der Waals surface area contributed by atoms with Gasteiger partial charge in [-0.2, -0.15) is 0 Å². The first-order valence-electron chi connectivity index (χ1n) is 11.0. The van der Waals surface area contributed by atoms with Crippen LogP contribution in [0.2, 0.25) is 0 Å². The minimum atomic E-state index is -0.682. The fourth-order valence-corrected chi connectivity index (χ4v) is 4.69. The topological polar surface area (TPSA) is 101 Å². The SMILES string of the molecule is CCC1=CCC(N=C2CNC(=O)N2)(c2ccc3nc[nH]c3c2)C=C1c1ccc2c(c1)OCO2. The van der Waals surface area contributed by atoms with Crippen LogP contribution < -0.4 is 20.1 Å². The normalized spacial score (nSPS) is 22.8. The van der Waals surface area contributed by atoms with Gasteiger partial charge in [-0.3, -0.25) is 10.3 Å². The summed E-state index contributed by atoms with van der Waals surface area (Å²) in [6.07, 6.45) is 7.75. The van der Waals surface area contributed by atoms with Gasteiger partial charge >= 0.3 is 6.03 Å². The van der Waals surface area contributed by atoms with Gasteiger partial charge in [-0.25, -0.2) is 9.78 Å². The lowest BCUT2D eigenvalue weighted by molar-refractivity contribution is 0.174. The predicted molar refractivity (Wildman–Crippen MR) is 125 cm³/mol. The Morgan fingerprint density at radius 3 is 2.91 bits per heavy atom. The Hall–Kier alpha value is -4.07. The van der Waals surface area contributed by atoms with E-state index in [0.29, 0.717) is 18.8 Å². The summed E-state index contributed by atoms with van der Waals surface area (Å²) < 4.78 is 11.1. The molecule has 1 aliphatic carbocycles. The number of amidine groups is 1. The monoisotopic (exact) mass is 441 g/mol. The highest BCUT2D eigenvalue weighted by molar-refractivity contribution is 6.05. The molecule has 33 heavy (non-hydrogen) atoms. The van der Waals surface area contributed by atoms with Crippen molar-refractivity contribution in [1.29, 1.82) is 0 Å². The summed E-state index contributed by atoms with van der Waals surface area (Å²) in [7, 11) is 0. The van der Waals surface area contributed by atoms with Crippen molar-refractivity contribution in [2.75, 3.05) is 13.3 Å². The highest BCUT2D eigenvalue weighted by atomic mass is 16.7. The first-order chi connectivity index (χ1) is 16.1. The van der Waals surface area contributed by atoms with E-state index >= 15 is 0 Å². The number of hydrogen-bond acceptors (Lipinski definition) is 5. The molecule has 1 saturated heterocycles. The van der Waals surface area contributed by atoms with Crippen LogP contribution >= 0.6 is 0 Å². The van der Waals surface area contributed by atoms with E-state index in [1.165, 1.54) is 5.57 Å². The zero-order chi connectivity index (χ0) is 22.4. The van der Waals surface area contributed by atoms with E-state index < -0.39 is 5.54 Å². The second kappa shape index (κ2) is 7.51. The molecule has 1 atom stereocenters. The van der Waals surface area contributed by atoms with Crippen molar-refractivity contribution in [2.45, 2.75) is 25.3 Å². The van der Waals surface area contributed by atoms with Gasteiger partial charge in [0, 0.05) is 0 Å². The van der Waals surface area contributed by atoms with Crippen LogP contribution in [0.5, 0.6) is 11.5 Å². The minimum absolute atomic E-state index is 0.228. The van der Waals surface area contributed by atoms with Crippen molar-refractivity contribution in [1.82, 2.24) is 20.6 Å². The third-order valence-electron chi connectivity index (χ3n) is 6.38. The van der Waals surface area contributed by atoms with Crippen molar-refractivity contribution in [2.24, 2.45) is 4.99 Å². The quantitative estimate of drug-likeness (QED) is 0.569. The van der Waals surface area contributed by atoms with E-state index in [1.54, 1.807) is 6.33 Å². The zero-order valence-electron chi connectivity index (χ0n) is 18.1. The fraction of sp³-hybridized carbons (Fsp3) is 0.240. The Morgan fingerprint density at radius 1 is 1.15 bits per heavy atom. The number of nitrogens with zero attached hydrogens (tertiary/aromatic N) is 2. The number of H-pyrrole nitrogens is 1. The number of carbonyl (C=O) groups is 1. The summed E-state index contributed by atoms with van der Waals surface area (Å²) >= 11 is 0. The molecule has 3 aromatic rings. The lowest BCUT2D eigenvalue weighted by Gasteiger charge is -2.32. The molecule has 3 aliphatic rings. The molecular formula is C25H23N5O3. The van der Waals surface area contributed by atoms with Crippen LogP contribution in [-0.2, 0) is 5.54 Å². The van der Waals surface area contributed by atoms with Gasteiger partial charge in [0.05, 0.1) is 23.9 Å². The third-order valence-corrected chi connectivity index (χ3v) is 6.38. The number of aliphatic imine (C=N–C) groups is 1. The van der Waals surface area contributed by atoms with Crippen LogP contribution in [-0.4, -0.2) is 35.2 Å². The molecule has 0 spiro atoms. The smallest absolute Gasteiger partial charge is 0.320 e. The molecule has 3 heterocycles. The molecule has 1 unspecified atom stereocenters. The summed E-state index contributed by atoms with van der Waals surface area (Å²) in [5, 5.41) is 5.62. The molecule has 2 aromatic carbocycles. The highest BCUT2D eigenvalue weighted by Gasteiger charge is 2.35. The van der Waals surface area contributed by atoms with E-state index in [2.05, 4.69) is 57.9 Å². The Labute approximate surface area is 190 Å². The standard InChI is InChI=1S/C25H23N5O3/c1-2-15-7-8-25(30-23-12-26-24(31)29-23,17-4-5-19-20(10-17)28-13-27-19)11-18(15)16-3-6-21-22(9-16)33-14-32-21/h3-7,9-11,13H,2,8,12,14H2,1H3,(H,27,28)(H2,26,29,30,31). The van der Waals surface area contributed by atoms with Gasteiger partial charge in [0.15, 0.2) is 11.5 Å². The summed E-state index contributed by atoms with van der Waals surface area (Å²) in [4.78, 5) is 24.5. The van der Waals surface area contributed by atoms with Gasteiger partial charge in [0.1, 0.15) is 11.4 Å². The van der Waals surface area contributed by atoms with Gasteiger partial charge in [-0.1, -0.05) is 25.1 Å². The average Bonchev–Trinajstić information content (AvgIpc) is 3.59. The van der Waals surface area contributed by atoms with Gasteiger partial charge in [-0.15, -0.1) is 0 Å². The second-order valence-electron chi connectivity index (χ2n) is 8.34. The van der Waals surface area contributed by atoms with Gasteiger partial charge in [0.2, 0.25) is 6.79 Å². The van der Waals surface area contributed by atoms with Crippen molar-refractivity contribution in [3.63, 3.8) is 0 Å². The van der Waals surface area contributed by atoms with Crippen LogP contribution in [0.25, 0.3) is 16.6 Å². The number of carbonyl (C=O) groups excluding carboxylic acids is 1. The van der Waals surface area contributed by atoms with E-state index in [0.717, 1.165) is 45.7 Å². The number of allylic oxidation sites excluding steroid dienone is 2. The Balaban J connectivity index is 1.53. The summed E-state index contributed by atoms with van der Waals surface area (Å²) in [5.41, 5.74) is 5.60. The predicted octanol–water partition coefficient (Wildman–Crippen LogP) is 4.02. The number of imidazole rings is 1. The van der Waals surface area contributed by atoms with E-state index in [1.807, 2.05) is 18.2 Å². The molecule has 2 amide bonds. The van der Waals surface area contributed by atoms with Crippen molar-refractivity contribution >= 4 is 28.5 Å². The van der Waals surface area contributed by atoms with E-state index in [9.17, 15) is 4.79 Å². The first kappa shape index (κ1) is 19.6. The maximum atomic E-state index is 11.8. The lowest BCUT2D eigenvalue weighted by Crippen LogP contribution is -2.30. The number of aromatic amines is 1. The molecule has 1 fully saturated rings. The lowest BCUT2D eigenvalue weighted by atomic mass is 9.77. The Morgan fingerprint density at radius 2 is 2.06 bits per heavy atom. The molecule has 166 valence electrons. The van der Waals surface area contributed by atoms with E-state index in [-0.39, 0.29) is 12.8 Å². The number of nitrogens with one attached hydrogen (secondary N) is 3. The maximum Gasteiger partial charge on any atom is 0.320 e. The Bertz CT molecular complexity index is 1370.